The molecule has 0 bridgehead atoms. The van der Waals surface area contributed by atoms with Gasteiger partial charge < -0.3 is 20.4 Å². The third-order valence-corrected chi connectivity index (χ3v) is 6.38. The Morgan fingerprint density at radius 3 is 2.38 bits per heavy atom. The fourth-order valence-corrected chi connectivity index (χ4v) is 4.36. The molecule has 0 aliphatic carbocycles. The first-order chi connectivity index (χ1) is 21.0. The van der Waals surface area contributed by atoms with Gasteiger partial charge in [-0.1, -0.05) is 0 Å². The van der Waals surface area contributed by atoms with Crippen molar-refractivity contribution >= 4 is 22.3 Å². The van der Waals surface area contributed by atoms with Crippen LogP contribution >= 0.6 is 0 Å². The first-order valence-corrected chi connectivity index (χ1v) is 12.5. The number of aromatic amines is 1. The van der Waals surface area contributed by atoms with Gasteiger partial charge >= 0.3 is 19.0 Å². The van der Waals surface area contributed by atoms with E-state index < -0.39 is 93.8 Å². The number of aryl methyl sites for hydroxylation is 1. The van der Waals surface area contributed by atoms with Gasteiger partial charge in [-0.3, -0.25) is 9.59 Å². The van der Waals surface area contributed by atoms with Crippen LogP contribution in [0.4, 0.5) is 55.4 Å². The molecule has 1 aromatic carbocycles. The highest BCUT2D eigenvalue weighted by atomic mass is 19.4. The third-order valence-electron chi connectivity index (χ3n) is 6.38. The van der Waals surface area contributed by atoms with Crippen molar-refractivity contribution in [2.24, 2.45) is 0 Å². The minimum absolute atomic E-state index is 0.103. The Bertz CT molecular complexity index is 1820. The summed E-state index contributed by atoms with van der Waals surface area (Å²) in [6.07, 6.45) is -8.29. The van der Waals surface area contributed by atoms with Crippen molar-refractivity contribution in [3.05, 3.63) is 74.2 Å². The Labute approximate surface area is 243 Å². The van der Waals surface area contributed by atoms with Gasteiger partial charge in [0.25, 0.3) is 11.1 Å². The van der Waals surface area contributed by atoms with Gasteiger partial charge in [-0.2, -0.15) is 40.2 Å². The lowest BCUT2D eigenvalue weighted by Crippen LogP contribution is -2.32. The highest BCUT2D eigenvalue weighted by molar-refractivity contribution is 5.86. The number of H-pyrrole nitrogens is 1. The Morgan fingerprint density at radius 2 is 1.76 bits per heavy atom. The van der Waals surface area contributed by atoms with Gasteiger partial charge in [-0.25, -0.2) is 23.8 Å². The largest absolute Gasteiger partial charge is 0.423 e. The van der Waals surface area contributed by atoms with Crippen LogP contribution in [0.3, 0.4) is 0 Å². The smallest absolute Gasteiger partial charge is 0.383 e. The molecule has 0 spiro atoms. The number of benzene rings is 1. The van der Waals surface area contributed by atoms with Crippen molar-refractivity contribution < 1.29 is 48.6 Å². The number of halogens is 10. The van der Waals surface area contributed by atoms with Gasteiger partial charge in [0.15, 0.2) is 17.5 Å². The van der Waals surface area contributed by atoms with E-state index in [1.54, 1.807) is 5.10 Å². The summed E-state index contributed by atoms with van der Waals surface area (Å²) in [6.45, 7) is -4.38. The second-order valence-corrected chi connectivity index (χ2v) is 9.38. The number of hydrogen-bond acceptors (Lipinski definition) is 8. The molecule has 0 aliphatic heterocycles. The van der Waals surface area contributed by atoms with Crippen molar-refractivity contribution in [2.75, 3.05) is 17.7 Å². The first kappa shape index (κ1) is 33.1. The second-order valence-electron chi connectivity index (χ2n) is 9.38. The van der Waals surface area contributed by atoms with Gasteiger partial charge in [0, 0.05) is 25.0 Å². The summed E-state index contributed by atoms with van der Waals surface area (Å²) in [7, 11) is 0. The van der Waals surface area contributed by atoms with E-state index in [4.69, 9.17) is 5.73 Å². The lowest BCUT2D eigenvalue weighted by atomic mass is 10.1. The number of nitrogens with zero attached hydrogens (tertiary/aromatic N) is 4. The third kappa shape index (κ3) is 7.32. The fourth-order valence-electron chi connectivity index (χ4n) is 4.36. The second kappa shape index (κ2) is 12.7. The maximum Gasteiger partial charge on any atom is 0.423 e. The molecule has 0 saturated carbocycles. The summed E-state index contributed by atoms with van der Waals surface area (Å²) < 4.78 is 140. The van der Waals surface area contributed by atoms with Crippen LogP contribution in [0, 0.1) is 11.6 Å². The molecular weight excluding hydrogens is 636 g/mol. The maximum atomic E-state index is 15.1. The number of hydrogen-bond donors (Lipinski definition) is 3. The van der Waals surface area contributed by atoms with Gasteiger partial charge in [0.1, 0.15) is 16.9 Å². The van der Waals surface area contributed by atoms with E-state index in [2.05, 4.69) is 25.1 Å². The highest BCUT2D eigenvalue weighted by Gasteiger charge is 2.38. The zero-order valence-corrected chi connectivity index (χ0v) is 22.2. The SMILES string of the molecule is Nc1nc(-c2cc3ccn(CCC[C@H](COC(F)F)Nc4cn[nH]c(=O)c4C(F)(F)F)c(=O)c3c(F)c2F)ncc1C(F)(F)F. The van der Waals surface area contributed by atoms with Crippen LogP contribution in [0.25, 0.3) is 22.2 Å². The molecule has 4 rings (SSSR count). The van der Waals surface area contributed by atoms with E-state index in [-0.39, 0.29) is 24.8 Å². The summed E-state index contributed by atoms with van der Waals surface area (Å²) in [5.74, 6) is -5.05. The molecule has 0 aliphatic rings. The van der Waals surface area contributed by atoms with Crippen molar-refractivity contribution in [1.82, 2.24) is 24.7 Å². The predicted octanol–water partition coefficient (Wildman–Crippen LogP) is 4.94. The average molecular weight is 655 g/mol. The molecule has 4 N–H and O–H groups in total. The molecule has 0 radical (unpaired) electrons. The molecule has 45 heavy (non-hydrogen) atoms. The van der Waals surface area contributed by atoms with Crippen molar-refractivity contribution in [3.8, 4) is 11.4 Å². The van der Waals surface area contributed by atoms with E-state index in [0.29, 0.717) is 12.4 Å². The predicted molar refractivity (Wildman–Crippen MR) is 137 cm³/mol. The Hall–Kier alpha value is -4.75. The molecular formula is C25H19F10N7O3. The zero-order chi connectivity index (χ0) is 33.3. The number of nitrogens with two attached hydrogens (primary N) is 1. The van der Waals surface area contributed by atoms with Crippen molar-refractivity contribution in [1.29, 1.82) is 0 Å². The lowest BCUT2D eigenvalue weighted by molar-refractivity contribution is -0.139. The number of rotatable bonds is 10. The summed E-state index contributed by atoms with van der Waals surface area (Å²) in [4.78, 5) is 31.5. The summed E-state index contributed by atoms with van der Waals surface area (Å²) in [6, 6.07) is 0.841. The van der Waals surface area contributed by atoms with Crippen LogP contribution in [0.2, 0.25) is 0 Å². The molecule has 10 nitrogen and oxygen atoms in total. The van der Waals surface area contributed by atoms with Crippen LogP contribution in [-0.4, -0.2) is 44.0 Å². The molecule has 0 unspecified atom stereocenters. The van der Waals surface area contributed by atoms with Gasteiger partial charge in [-0.15, -0.1) is 0 Å². The van der Waals surface area contributed by atoms with Gasteiger partial charge in [-0.05, 0) is 30.4 Å². The molecule has 242 valence electrons. The number of nitrogen functional groups attached to an aromatic ring is 1. The summed E-state index contributed by atoms with van der Waals surface area (Å²) in [5.41, 5.74) is -1.90. The standard InChI is InChI=1S/C25H19F10N7O3/c26-17-12(20-37-7-13(19(36)40-20)24(30,31)32)6-10-3-5-42(22(44)15(10)18(17)27)4-1-2-11(9-45-23(28)29)39-14-8-38-41-21(43)16(14)25(33,34)35/h3,5-8,11,23H,1-2,4,9H2,(H2,36,37,40)(H2,39,41,43)/t11-/m1/s1. The first-order valence-electron chi connectivity index (χ1n) is 12.5. The quantitative estimate of drug-likeness (QED) is 0.204. The van der Waals surface area contributed by atoms with E-state index >= 15 is 4.39 Å². The monoisotopic (exact) mass is 655 g/mol. The van der Waals surface area contributed by atoms with Gasteiger partial charge in [0.05, 0.1) is 29.4 Å². The normalized spacial score (nSPS) is 13.0. The van der Waals surface area contributed by atoms with Crippen LogP contribution in [0.15, 0.2) is 40.3 Å². The molecule has 3 aromatic heterocycles. The lowest BCUT2D eigenvalue weighted by Gasteiger charge is -2.22. The molecule has 0 saturated heterocycles. The molecule has 4 aromatic rings. The molecule has 3 heterocycles. The van der Waals surface area contributed by atoms with Crippen LogP contribution in [-0.2, 0) is 23.6 Å². The molecule has 0 fully saturated rings. The minimum atomic E-state index is -5.13. The van der Waals surface area contributed by atoms with Crippen LogP contribution in [0.5, 0.6) is 0 Å². The van der Waals surface area contributed by atoms with E-state index in [0.717, 1.165) is 16.8 Å². The highest BCUT2D eigenvalue weighted by Crippen LogP contribution is 2.35. The van der Waals surface area contributed by atoms with Crippen molar-refractivity contribution in [2.45, 2.75) is 44.4 Å². The number of anilines is 2. The van der Waals surface area contributed by atoms with Crippen LogP contribution in [0.1, 0.15) is 24.0 Å². The Balaban J connectivity index is 1.58. The van der Waals surface area contributed by atoms with E-state index in [9.17, 15) is 49.1 Å². The summed E-state index contributed by atoms with van der Waals surface area (Å²) >= 11 is 0. The topological polar surface area (TPSA) is 141 Å². The fraction of sp³-hybridized carbons (Fsp3) is 0.320. The Morgan fingerprint density at radius 1 is 1.04 bits per heavy atom. The summed E-state index contributed by atoms with van der Waals surface area (Å²) in [5, 5.41) is 6.26. The maximum absolute atomic E-state index is 15.1. The van der Waals surface area contributed by atoms with Gasteiger partial charge in [0.2, 0.25) is 0 Å². The number of ether oxygens (including phenoxy) is 1. The van der Waals surface area contributed by atoms with Crippen molar-refractivity contribution in [3.63, 3.8) is 0 Å². The zero-order valence-electron chi connectivity index (χ0n) is 22.2. The molecule has 20 heteroatoms. The number of alkyl halides is 8. The number of nitrogens with one attached hydrogen (secondary N) is 2. The minimum Gasteiger partial charge on any atom is -0.383 e. The molecule has 0 amide bonds. The molecule has 1 atom stereocenters. The average Bonchev–Trinajstić information content (AvgIpc) is 2.93. The number of pyridine rings is 1. The van der Waals surface area contributed by atoms with E-state index in [1.165, 1.54) is 6.07 Å². The Kier molecular flexibility index (Phi) is 9.35. The number of fused-ring (bicyclic) bond motifs is 1. The number of aromatic nitrogens is 5. The van der Waals surface area contributed by atoms with Crippen LogP contribution < -0.4 is 22.2 Å². The van der Waals surface area contributed by atoms with E-state index in [1.807, 2.05) is 0 Å².